The van der Waals surface area contributed by atoms with Crippen molar-refractivity contribution in [1.82, 2.24) is 4.98 Å². The number of aryl methyl sites for hydroxylation is 2. The molecule has 1 heterocycles. The van der Waals surface area contributed by atoms with Gasteiger partial charge in [0.15, 0.2) is 0 Å². The predicted octanol–water partition coefficient (Wildman–Crippen LogP) is 4.85. The highest BCUT2D eigenvalue weighted by molar-refractivity contribution is 8.00. The van der Waals surface area contributed by atoms with E-state index in [1.165, 1.54) is 11.8 Å². The molecular formula is C22H21N3O2S. The fraction of sp³-hybridized carbons (Fsp3) is 0.227. The Balaban J connectivity index is 1.72. The van der Waals surface area contributed by atoms with E-state index >= 15 is 0 Å². The normalized spacial score (nSPS) is 10.5. The maximum atomic E-state index is 12.3. The summed E-state index contributed by atoms with van der Waals surface area (Å²) in [7, 11) is 0. The summed E-state index contributed by atoms with van der Waals surface area (Å²) >= 11 is 1.27. The zero-order valence-corrected chi connectivity index (χ0v) is 16.9. The fourth-order valence-electron chi connectivity index (χ4n) is 2.79. The highest BCUT2D eigenvalue weighted by Gasteiger charge is 2.12. The Hall–Kier alpha value is -3.04. The largest absolute Gasteiger partial charge is 0.494 e. The van der Waals surface area contributed by atoms with Gasteiger partial charge in [-0.15, -0.1) is 0 Å². The third kappa shape index (κ3) is 4.44. The molecule has 0 saturated carbocycles. The highest BCUT2D eigenvalue weighted by atomic mass is 32.2. The van der Waals surface area contributed by atoms with Crippen molar-refractivity contribution in [3.63, 3.8) is 0 Å². The van der Waals surface area contributed by atoms with Crippen molar-refractivity contribution in [2.24, 2.45) is 0 Å². The third-order valence-electron chi connectivity index (χ3n) is 4.39. The van der Waals surface area contributed by atoms with E-state index in [4.69, 9.17) is 4.74 Å². The SMILES string of the molecule is CCOc1ccc(NC(=O)CSc2nc3c(C)c(C)ccc3cc2C#N)cc1. The number of fused-ring (bicyclic) bond motifs is 1. The Bertz CT molecular complexity index is 1060. The lowest BCUT2D eigenvalue weighted by Gasteiger charge is -2.10. The van der Waals surface area contributed by atoms with Crippen LogP contribution in [-0.4, -0.2) is 23.3 Å². The molecule has 0 fully saturated rings. The molecule has 0 aliphatic carbocycles. The summed E-state index contributed by atoms with van der Waals surface area (Å²) in [4.78, 5) is 17.0. The van der Waals surface area contributed by atoms with Gasteiger partial charge in [-0.25, -0.2) is 4.98 Å². The number of thioether (sulfide) groups is 1. The number of nitriles is 1. The van der Waals surface area contributed by atoms with Crippen molar-refractivity contribution in [3.05, 3.63) is 59.2 Å². The van der Waals surface area contributed by atoms with Gasteiger partial charge in [0, 0.05) is 11.1 Å². The van der Waals surface area contributed by atoms with Crippen LogP contribution in [-0.2, 0) is 4.79 Å². The van der Waals surface area contributed by atoms with Crippen molar-refractivity contribution in [2.75, 3.05) is 17.7 Å². The third-order valence-corrected chi connectivity index (χ3v) is 5.38. The van der Waals surface area contributed by atoms with Gasteiger partial charge in [-0.05, 0) is 62.2 Å². The predicted molar refractivity (Wildman–Crippen MR) is 113 cm³/mol. The second kappa shape index (κ2) is 8.77. The fourth-order valence-corrected chi connectivity index (χ4v) is 3.54. The summed E-state index contributed by atoms with van der Waals surface area (Å²) in [5, 5.41) is 13.8. The first kappa shape index (κ1) is 19.7. The van der Waals surface area contributed by atoms with Crippen LogP contribution >= 0.6 is 11.8 Å². The average molecular weight is 391 g/mol. The molecular weight excluding hydrogens is 370 g/mol. The number of aromatic nitrogens is 1. The van der Waals surface area contributed by atoms with Gasteiger partial charge in [-0.3, -0.25) is 4.79 Å². The summed E-state index contributed by atoms with van der Waals surface area (Å²) in [6.45, 7) is 6.57. The van der Waals surface area contributed by atoms with Gasteiger partial charge in [-0.1, -0.05) is 23.9 Å². The summed E-state index contributed by atoms with van der Waals surface area (Å²) < 4.78 is 5.39. The number of amides is 1. The second-order valence-corrected chi connectivity index (χ2v) is 7.29. The lowest BCUT2D eigenvalue weighted by molar-refractivity contribution is -0.113. The number of carbonyl (C=O) groups is 1. The van der Waals surface area contributed by atoms with E-state index in [-0.39, 0.29) is 11.7 Å². The van der Waals surface area contributed by atoms with Crippen LogP contribution in [0.1, 0.15) is 23.6 Å². The van der Waals surface area contributed by atoms with Gasteiger partial charge in [-0.2, -0.15) is 5.26 Å². The molecule has 0 aliphatic rings. The molecule has 3 rings (SSSR count). The topological polar surface area (TPSA) is 75.0 Å². The maximum absolute atomic E-state index is 12.3. The van der Waals surface area contributed by atoms with Crippen LogP contribution in [0.4, 0.5) is 5.69 Å². The molecule has 3 aromatic rings. The Morgan fingerprint density at radius 1 is 1.21 bits per heavy atom. The first-order valence-electron chi connectivity index (χ1n) is 8.98. The van der Waals surface area contributed by atoms with Gasteiger partial charge in [0.2, 0.25) is 5.91 Å². The Kier molecular flexibility index (Phi) is 6.17. The molecule has 0 bridgehead atoms. The number of pyridine rings is 1. The molecule has 0 radical (unpaired) electrons. The molecule has 0 aliphatic heterocycles. The first-order chi connectivity index (χ1) is 13.5. The zero-order valence-electron chi connectivity index (χ0n) is 16.1. The molecule has 0 saturated heterocycles. The van der Waals surface area contributed by atoms with Crippen LogP contribution in [0.15, 0.2) is 47.5 Å². The van der Waals surface area contributed by atoms with Crippen molar-refractivity contribution in [2.45, 2.75) is 25.8 Å². The van der Waals surface area contributed by atoms with E-state index in [2.05, 4.69) is 16.4 Å². The number of benzene rings is 2. The molecule has 6 heteroatoms. The van der Waals surface area contributed by atoms with Crippen LogP contribution < -0.4 is 10.1 Å². The summed E-state index contributed by atoms with van der Waals surface area (Å²) in [5.41, 5.74) is 4.28. The van der Waals surface area contributed by atoms with E-state index in [1.54, 1.807) is 12.1 Å². The molecule has 142 valence electrons. The van der Waals surface area contributed by atoms with E-state index < -0.39 is 0 Å². The van der Waals surface area contributed by atoms with Gasteiger partial charge in [0.1, 0.15) is 16.8 Å². The standard InChI is InChI=1S/C22H21N3O2S/c1-4-27-19-9-7-18(8-10-19)24-20(26)13-28-22-17(12-23)11-16-6-5-14(2)15(3)21(16)25-22/h5-11H,4,13H2,1-3H3,(H,24,26). The molecule has 5 nitrogen and oxygen atoms in total. The molecule has 0 spiro atoms. The molecule has 28 heavy (non-hydrogen) atoms. The zero-order chi connectivity index (χ0) is 20.1. The van der Waals surface area contributed by atoms with Gasteiger partial charge < -0.3 is 10.1 Å². The Morgan fingerprint density at radius 3 is 2.64 bits per heavy atom. The van der Waals surface area contributed by atoms with Gasteiger partial charge in [0.05, 0.1) is 23.4 Å². The minimum absolute atomic E-state index is 0.152. The van der Waals surface area contributed by atoms with E-state index in [0.29, 0.717) is 22.9 Å². The van der Waals surface area contributed by atoms with Crippen LogP contribution in [0.2, 0.25) is 0 Å². The number of nitrogens with one attached hydrogen (secondary N) is 1. The molecule has 1 aromatic heterocycles. The number of carbonyl (C=O) groups excluding carboxylic acids is 1. The monoisotopic (exact) mass is 391 g/mol. The van der Waals surface area contributed by atoms with Crippen LogP contribution in [0.25, 0.3) is 10.9 Å². The average Bonchev–Trinajstić information content (AvgIpc) is 2.70. The molecule has 1 N–H and O–H groups in total. The van der Waals surface area contributed by atoms with Crippen LogP contribution in [0.5, 0.6) is 5.75 Å². The molecule has 2 aromatic carbocycles. The number of anilines is 1. The summed E-state index contributed by atoms with van der Waals surface area (Å²) in [6, 6.07) is 15.2. The lowest BCUT2D eigenvalue weighted by Crippen LogP contribution is -2.14. The lowest BCUT2D eigenvalue weighted by atomic mass is 10.0. The minimum atomic E-state index is -0.152. The van der Waals surface area contributed by atoms with E-state index in [9.17, 15) is 10.1 Å². The second-order valence-electron chi connectivity index (χ2n) is 6.33. The van der Waals surface area contributed by atoms with Crippen molar-refractivity contribution in [1.29, 1.82) is 5.26 Å². The van der Waals surface area contributed by atoms with Crippen LogP contribution in [0, 0.1) is 25.2 Å². The number of ether oxygens (including phenoxy) is 1. The number of rotatable bonds is 6. The first-order valence-corrected chi connectivity index (χ1v) is 9.97. The Morgan fingerprint density at radius 2 is 1.96 bits per heavy atom. The molecule has 0 atom stereocenters. The van der Waals surface area contributed by atoms with E-state index in [1.807, 2.05) is 51.1 Å². The smallest absolute Gasteiger partial charge is 0.234 e. The number of hydrogen-bond donors (Lipinski definition) is 1. The molecule has 0 unspecified atom stereocenters. The molecule has 1 amide bonds. The van der Waals surface area contributed by atoms with Crippen molar-refractivity contribution < 1.29 is 9.53 Å². The van der Waals surface area contributed by atoms with Crippen molar-refractivity contribution >= 4 is 34.3 Å². The highest BCUT2D eigenvalue weighted by Crippen LogP contribution is 2.27. The summed E-state index contributed by atoms with van der Waals surface area (Å²) in [6.07, 6.45) is 0. The van der Waals surface area contributed by atoms with E-state index in [0.717, 1.165) is 27.8 Å². The number of hydrogen-bond acceptors (Lipinski definition) is 5. The summed E-state index contributed by atoms with van der Waals surface area (Å²) in [5.74, 6) is 0.783. The minimum Gasteiger partial charge on any atom is -0.494 e. The number of nitrogens with zero attached hydrogens (tertiary/aromatic N) is 2. The maximum Gasteiger partial charge on any atom is 0.234 e. The van der Waals surface area contributed by atoms with Crippen molar-refractivity contribution in [3.8, 4) is 11.8 Å². The quantitative estimate of drug-likeness (QED) is 0.608. The van der Waals surface area contributed by atoms with Gasteiger partial charge >= 0.3 is 0 Å². The van der Waals surface area contributed by atoms with Gasteiger partial charge in [0.25, 0.3) is 0 Å². The Labute approximate surface area is 168 Å². The van der Waals surface area contributed by atoms with Crippen LogP contribution in [0.3, 0.4) is 0 Å².